The van der Waals surface area contributed by atoms with Gasteiger partial charge in [0.15, 0.2) is 0 Å². The summed E-state index contributed by atoms with van der Waals surface area (Å²) in [6, 6.07) is 0. The number of hydrogen-bond donors (Lipinski definition) is 0. The van der Waals surface area contributed by atoms with E-state index in [1.54, 1.807) is 22.9 Å². The zero-order valence-corrected chi connectivity index (χ0v) is 19.2. The fraction of sp³-hybridized carbons (Fsp3) is 1.00. The summed E-state index contributed by atoms with van der Waals surface area (Å²) in [5, 5.41) is 3.41. The Balaban J connectivity index is 3.23. The van der Waals surface area contributed by atoms with Crippen LogP contribution in [0, 0.1) is 0 Å². The standard InChI is InChI=1S/C4H8.2C3H9Si.2Zn/c1-3-4-2;2*1-4(2)3;;/h1-4H2;2*1-3H3;;. The van der Waals surface area contributed by atoms with Gasteiger partial charge < -0.3 is 0 Å². The molecule has 0 fully saturated rings. The van der Waals surface area contributed by atoms with E-state index in [0.29, 0.717) is 0 Å². The molecular formula is C10H26Si2Zn2. The Morgan fingerprint density at radius 2 is 0.929 bits per heavy atom. The minimum atomic E-state index is -0.543. The molecule has 4 heteroatoms. The van der Waals surface area contributed by atoms with Crippen LogP contribution in [0.15, 0.2) is 0 Å². The van der Waals surface area contributed by atoms with Crippen molar-refractivity contribution in [2.45, 2.75) is 62.2 Å². The summed E-state index contributed by atoms with van der Waals surface area (Å²) in [5.74, 6) is 0. The predicted molar refractivity (Wildman–Crippen MR) is 65.5 cm³/mol. The van der Waals surface area contributed by atoms with Gasteiger partial charge in [-0.1, -0.05) is 0 Å². The molecule has 0 saturated heterocycles. The third-order valence-electron chi connectivity index (χ3n) is 2.60. The summed E-state index contributed by atoms with van der Waals surface area (Å²) in [5.41, 5.74) is 0. The maximum atomic E-state index is 2.58. The molecule has 0 unspecified atom stereocenters. The fourth-order valence-corrected chi connectivity index (χ4v) is 22.3. The average molecular weight is 333 g/mol. The van der Waals surface area contributed by atoms with E-state index in [-0.39, 0.29) is 32.9 Å². The van der Waals surface area contributed by atoms with Crippen molar-refractivity contribution in [3.8, 4) is 0 Å². The summed E-state index contributed by atoms with van der Waals surface area (Å²) in [6.45, 7) is 15.5. The first-order chi connectivity index (χ1) is 6.21. The van der Waals surface area contributed by atoms with Crippen molar-refractivity contribution in [3.05, 3.63) is 0 Å². The molecule has 0 heterocycles. The molecule has 0 aromatic carbocycles. The molecule has 0 atom stereocenters. The van der Waals surface area contributed by atoms with Gasteiger partial charge in [0.2, 0.25) is 0 Å². The Morgan fingerprint density at radius 1 is 0.643 bits per heavy atom. The van der Waals surface area contributed by atoms with E-state index in [2.05, 4.69) is 39.3 Å². The van der Waals surface area contributed by atoms with E-state index in [4.69, 9.17) is 0 Å². The van der Waals surface area contributed by atoms with Crippen LogP contribution < -0.4 is 0 Å². The van der Waals surface area contributed by atoms with Gasteiger partial charge in [0.25, 0.3) is 0 Å². The van der Waals surface area contributed by atoms with Crippen molar-refractivity contribution in [2.75, 3.05) is 0 Å². The third-order valence-corrected chi connectivity index (χ3v) is 31.7. The zero-order valence-electron chi connectivity index (χ0n) is 11.2. The molecule has 0 bridgehead atoms. The van der Waals surface area contributed by atoms with Crippen LogP contribution in [0.3, 0.4) is 0 Å². The maximum absolute atomic E-state index is 2.58. The molecular weight excluding hydrogens is 307 g/mol. The topological polar surface area (TPSA) is 0 Å². The molecule has 0 aliphatic heterocycles. The number of hydrogen-bond acceptors (Lipinski definition) is 0. The molecule has 14 heavy (non-hydrogen) atoms. The normalized spacial score (nSPS) is 12.1. The molecule has 0 nitrogen and oxygen atoms in total. The first kappa shape index (κ1) is 15.7. The molecule has 0 saturated carbocycles. The number of rotatable bonds is 7. The van der Waals surface area contributed by atoms with E-state index >= 15 is 0 Å². The molecule has 0 aliphatic rings. The summed E-state index contributed by atoms with van der Waals surface area (Å²) >= 11 is -0.116. The molecule has 78 valence electrons. The SMILES string of the molecule is C[Si](C)(C)[Zn][CH2]CC[CH2][Zn][Si](C)(C)C. The van der Waals surface area contributed by atoms with Crippen molar-refractivity contribution < 1.29 is 32.9 Å². The van der Waals surface area contributed by atoms with Gasteiger partial charge in [0.05, 0.1) is 0 Å². The van der Waals surface area contributed by atoms with Gasteiger partial charge in [-0.3, -0.25) is 0 Å². The fourth-order valence-electron chi connectivity index (χ4n) is 1.66. The Hall–Kier alpha value is 1.68. The number of unbranched alkanes of at least 4 members (excludes halogenated alkanes) is 1. The van der Waals surface area contributed by atoms with Crippen LogP contribution in [0.4, 0.5) is 0 Å². The monoisotopic (exact) mass is 330 g/mol. The van der Waals surface area contributed by atoms with Crippen LogP contribution in [-0.4, -0.2) is 12.6 Å². The van der Waals surface area contributed by atoms with Crippen molar-refractivity contribution in [3.63, 3.8) is 0 Å². The molecule has 0 radical (unpaired) electrons. The van der Waals surface area contributed by atoms with Crippen molar-refractivity contribution in [1.82, 2.24) is 0 Å². The third kappa shape index (κ3) is 13.7. The van der Waals surface area contributed by atoms with E-state index in [1.165, 1.54) is 0 Å². The van der Waals surface area contributed by atoms with Gasteiger partial charge in [0.1, 0.15) is 0 Å². The van der Waals surface area contributed by atoms with Crippen LogP contribution in [0.25, 0.3) is 0 Å². The van der Waals surface area contributed by atoms with Crippen LogP contribution in [-0.2, 0) is 32.9 Å². The molecule has 0 rings (SSSR count). The first-order valence-corrected chi connectivity index (χ1v) is 26.7. The van der Waals surface area contributed by atoms with Crippen LogP contribution in [0.1, 0.15) is 12.8 Å². The average Bonchev–Trinajstić information content (AvgIpc) is 1.92. The van der Waals surface area contributed by atoms with Gasteiger partial charge in [-0.05, 0) is 0 Å². The van der Waals surface area contributed by atoms with E-state index < -0.39 is 12.6 Å². The van der Waals surface area contributed by atoms with Crippen LogP contribution in [0.5, 0.6) is 0 Å². The van der Waals surface area contributed by atoms with Crippen molar-refractivity contribution in [2.24, 2.45) is 0 Å². The van der Waals surface area contributed by atoms with Gasteiger partial charge >= 0.3 is 108 Å². The Labute approximate surface area is 107 Å². The molecule has 0 aromatic heterocycles. The molecule has 0 aromatic rings. The van der Waals surface area contributed by atoms with Crippen LogP contribution in [0.2, 0.25) is 49.3 Å². The van der Waals surface area contributed by atoms with E-state index in [1.807, 2.05) is 0 Å². The van der Waals surface area contributed by atoms with Gasteiger partial charge in [-0.2, -0.15) is 0 Å². The Kier molecular flexibility index (Phi) is 7.95. The predicted octanol–water partition coefficient (Wildman–Crippen LogP) is 4.44. The molecule has 0 N–H and O–H groups in total. The Morgan fingerprint density at radius 3 is 1.14 bits per heavy atom. The van der Waals surface area contributed by atoms with Crippen molar-refractivity contribution in [1.29, 1.82) is 0 Å². The second-order valence-electron chi connectivity index (χ2n) is 7.04. The summed E-state index contributed by atoms with van der Waals surface area (Å²) in [4.78, 5) is 0. The van der Waals surface area contributed by atoms with Gasteiger partial charge in [-0.25, -0.2) is 0 Å². The van der Waals surface area contributed by atoms with Gasteiger partial charge in [-0.15, -0.1) is 0 Å². The zero-order chi connectivity index (χ0) is 11.2. The van der Waals surface area contributed by atoms with E-state index in [0.717, 1.165) is 0 Å². The molecule has 0 spiro atoms. The quantitative estimate of drug-likeness (QED) is 0.477. The van der Waals surface area contributed by atoms with E-state index in [9.17, 15) is 0 Å². The second kappa shape index (κ2) is 7.09. The molecule has 0 aliphatic carbocycles. The molecule has 0 amide bonds. The summed E-state index contributed by atoms with van der Waals surface area (Å²) < 4.78 is 0. The van der Waals surface area contributed by atoms with Crippen LogP contribution >= 0.6 is 0 Å². The van der Waals surface area contributed by atoms with Crippen molar-refractivity contribution >= 4 is 12.6 Å². The summed E-state index contributed by atoms with van der Waals surface area (Å²) in [7, 11) is 0. The summed E-state index contributed by atoms with van der Waals surface area (Å²) in [6.07, 6.45) is 2.14. The Bertz CT molecular complexity index is 129. The first-order valence-electron chi connectivity index (χ1n) is 6.21. The second-order valence-corrected chi connectivity index (χ2v) is 54.2. The van der Waals surface area contributed by atoms with Gasteiger partial charge in [0, 0.05) is 0 Å². The minimum absolute atomic E-state index is 0.0579.